The Bertz CT molecular complexity index is 1140. The van der Waals surface area contributed by atoms with Crippen molar-refractivity contribution in [2.45, 2.75) is 25.9 Å². The fourth-order valence-electron chi connectivity index (χ4n) is 3.72. The van der Waals surface area contributed by atoms with E-state index in [0.717, 1.165) is 38.7 Å². The Balaban J connectivity index is 1.46. The highest BCUT2D eigenvalue weighted by Gasteiger charge is 2.32. The smallest absolute Gasteiger partial charge is 0.311 e. The molecule has 0 radical (unpaired) electrons. The van der Waals surface area contributed by atoms with E-state index in [1.807, 2.05) is 16.8 Å². The molecule has 8 heteroatoms. The first-order valence-corrected chi connectivity index (χ1v) is 10.5. The van der Waals surface area contributed by atoms with Gasteiger partial charge in [0.15, 0.2) is 0 Å². The Hall–Kier alpha value is -2.74. The molecule has 1 aliphatic heterocycles. The maximum absolute atomic E-state index is 12.2. The van der Waals surface area contributed by atoms with Gasteiger partial charge in [-0.25, -0.2) is 9.48 Å². The van der Waals surface area contributed by atoms with Crippen molar-refractivity contribution in [3.63, 3.8) is 0 Å². The predicted octanol–water partition coefficient (Wildman–Crippen LogP) is 3.66. The summed E-state index contributed by atoms with van der Waals surface area (Å²) in [4.78, 5) is 26.7. The van der Waals surface area contributed by atoms with Crippen LogP contribution in [-0.2, 0) is 17.9 Å². The molecule has 29 heavy (non-hydrogen) atoms. The second-order valence-corrected chi connectivity index (χ2v) is 8.69. The Morgan fingerprint density at radius 1 is 1.14 bits per heavy atom. The van der Waals surface area contributed by atoms with Gasteiger partial charge in [0.2, 0.25) is 5.91 Å². The average Bonchev–Trinajstić information content (AvgIpc) is 3.39. The molecule has 1 aromatic heterocycles. The van der Waals surface area contributed by atoms with Gasteiger partial charge in [0, 0.05) is 24.6 Å². The van der Waals surface area contributed by atoms with Gasteiger partial charge in [-0.05, 0) is 69.6 Å². The molecule has 2 aromatic carbocycles. The molecular weight excluding hydrogens is 434 g/mol. The Morgan fingerprint density at radius 3 is 2.69 bits per heavy atom. The normalized spacial score (nSPS) is 17.0. The van der Waals surface area contributed by atoms with E-state index in [2.05, 4.69) is 50.5 Å². The van der Waals surface area contributed by atoms with Crippen LogP contribution in [0, 0.1) is 5.92 Å². The quantitative estimate of drug-likeness (QED) is 0.552. The van der Waals surface area contributed by atoms with Crippen molar-refractivity contribution in [2.75, 3.05) is 13.6 Å². The Kier molecular flexibility index (Phi) is 4.38. The highest BCUT2D eigenvalue weighted by atomic mass is 79.9. The number of nitrogens with zero attached hydrogens (tertiary/aromatic N) is 5. The van der Waals surface area contributed by atoms with E-state index >= 15 is 0 Å². The molecule has 1 aliphatic carbocycles. The lowest BCUT2D eigenvalue weighted by Crippen LogP contribution is -2.29. The van der Waals surface area contributed by atoms with Gasteiger partial charge in [0.25, 0.3) is 0 Å². The Labute approximate surface area is 176 Å². The first-order valence-electron chi connectivity index (χ1n) is 9.67. The SMILES string of the molecule is CN1C(=O)CN(Cc2cccc(-c3cc(Br)c4nnn(CC5CC5)c4c3)c2)C1=O. The molecule has 0 spiro atoms. The lowest BCUT2D eigenvalue weighted by atomic mass is 10.0. The van der Waals surface area contributed by atoms with Gasteiger partial charge in [-0.2, -0.15) is 0 Å². The second-order valence-electron chi connectivity index (χ2n) is 7.83. The van der Waals surface area contributed by atoms with Crippen molar-refractivity contribution in [3.8, 4) is 11.1 Å². The van der Waals surface area contributed by atoms with E-state index < -0.39 is 0 Å². The number of amides is 3. The molecule has 3 amide bonds. The van der Waals surface area contributed by atoms with Gasteiger partial charge in [-0.1, -0.05) is 23.4 Å². The van der Waals surface area contributed by atoms with Gasteiger partial charge < -0.3 is 4.90 Å². The van der Waals surface area contributed by atoms with Crippen molar-refractivity contribution >= 4 is 38.9 Å². The van der Waals surface area contributed by atoms with Crippen LogP contribution in [0.25, 0.3) is 22.2 Å². The molecule has 3 aromatic rings. The van der Waals surface area contributed by atoms with Crippen LogP contribution >= 0.6 is 15.9 Å². The number of carbonyl (C=O) groups excluding carboxylic acids is 2. The molecule has 0 bridgehead atoms. The highest BCUT2D eigenvalue weighted by molar-refractivity contribution is 9.10. The number of hydrogen-bond acceptors (Lipinski definition) is 4. The highest BCUT2D eigenvalue weighted by Crippen LogP contribution is 2.34. The molecule has 2 fully saturated rings. The first-order chi connectivity index (χ1) is 14.0. The van der Waals surface area contributed by atoms with Crippen molar-refractivity contribution in [2.24, 2.45) is 5.92 Å². The number of hydrogen-bond donors (Lipinski definition) is 0. The summed E-state index contributed by atoms with van der Waals surface area (Å²) in [6, 6.07) is 12.0. The van der Waals surface area contributed by atoms with E-state index in [0.29, 0.717) is 12.5 Å². The molecule has 0 N–H and O–H groups in total. The number of fused-ring (bicyclic) bond motifs is 1. The van der Waals surface area contributed by atoms with Crippen molar-refractivity contribution in [1.82, 2.24) is 24.8 Å². The fourth-order valence-corrected chi connectivity index (χ4v) is 4.25. The van der Waals surface area contributed by atoms with E-state index in [-0.39, 0.29) is 18.5 Å². The fraction of sp³-hybridized carbons (Fsp3) is 0.333. The summed E-state index contributed by atoms with van der Waals surface area (Å²) in [6.07, 6.45) is 2.52. The third-order valence-electron chi connectivity index (χ3n) is 5.59. The standard InChI is InChI=1S/C21H20BrN5O2/c1-25-19(28)12-26(21(25)29)10-14-3-2-4-15(7-14)16-8-17(22)20-18(9-16)27(24-23-20)11-13-5-6-13/h2-4,7-9,13H,5-6,10-12H2,1H3. The van der Waals surface area contributed by atoms with E-state index in [1.54, 1.807) is 4.90 Å². The molecule has 7 nitrogen and oxygen atoms in total. The third-order valence-corrected chi connectivity index (χ3v) is 6.20. The zero-order valence-electron chi connectivity index (χ0n) is 16.0. The van der Waals surface area contributed by atoms with E-state index in [1.165, 1.54) is 24.8 Å². The predicted molar refractivity (Wildman–Crippen MR) is 112 cm³/mol. The minimum absolute atomic E-state index is 0.128. The van der Waals surface area contributed by atoms with Gasteiger partial charge in [-0.15, -0.1) is 5.10 Å². The number of halogens is 1. The second kappa shape index (κ2) is 6.95. The summed E-state index contributed by atoms with van der Waals surface area (Å²) >= 11 is 3.64. The molecule has 2 heterocycles. The molecule has 1 saturated heterocycles. The number of benzene rings is 2. The van der Waals surface area contributed by atoms with Crippen molar-refractivity contribution < 1.29 is 9.59 Å². The largest absolute Gasteiger partial charge is 0.327 e. The molecule has 2 aliphatic rings. The van der Waals surface area contributed by atoms with Crippen LogP contribution in [0.4, 0.5) is 4.79 Å². The lowest BCUT2D eigenvalue weighted by molar-refractivity contribution is -0.124. The van der Waals surface area contributed by atoms with Gasteiger partial charge in [0.05, 0.1) is 5.52 Å². The van der Waals surface area contributed by atoms with Crippen LogP contribution in [0.1, 0.15) is 18.4 Å². The number of aromatic nitrogens is 3. The summed E-state index contributed by atoms with van der Waals surface area (Å²) in [7, 11) is 1.52. The van der Waals surface area contributed by atoms with Crippen molar-refractivity contribution in [3.05, 3.63) is 46.4 Å². The number of imide groups is 1. The van der Waals surface area contributed by atoms with Crippen LogP contribution in [0.2, 0.25) is 0 Å². The van der Waals surface area contributed by atoms with Crippen LogP contribution in [0.5, 0.6) is 0 Å². The first kappa shape index (κ1) is 18.3. The van der Waals surface area contributed by atoms with Gasteiger partial charge in [0.1, 0.15) is 12.1 Å². The average molecular weight is 454 g/mol. The summed E-state index contributed by atoms with van der Waals surface area (Å²) < 4.78 is 2.91. The summed E-state index contributed by atoms with van der Waals surface area (Å²) in [5.74, 6) is 0.543. The number of likely N-dealkylation sites (N-methyl/N-ethyl adjacent to an activating group) is 1. The minimum atomic E-state index is -0.250. The minimum Gasteiger partial charge on any atom is -0.311 e. The van der Waals surface area contributed by atoms with Crippen LogP contribution < -0.4 is 0 Å². The zero-order valence-corrected chi connectivity index (χ0v) is 17.6. The molecule has 148 valence electrons. The van der Waals surface area contributed by atoms with E-state index in [9.17, 15) is 9.59 Å². The maximum atomic E-state index is 12.2. The van der Waals surface area contributed by atoms with Crippen LogP contribution in [0.3, 0.4) is 0 Å². The van der Waals surface area contributed by atoms with Crippen LogP contribution in [-0.4, -0.2) is 50.3 Å². The van der Waals surface area contributed by atoms with Gasteiger partial charge in [-0.3, -0.25) is 9.69 Å². The van der Waals surface area contributed by atoms with E-state index in [4.69, 9.17) is 0 Å². The number of urea groups is 1. The summed E-state index contributed by atoms with van der Waals surface area (Å²) in [5, 5.41) is 8.66. The van der Waals surface area contributed by atoms with Gasteiger partial charge >= 0.3 is 6.03 Å². The molecule has 0 unspecified atom stereocenters. The molecule has 1 saturated carbocycles. The molecule has 0 atom stereocenters. The summed E-state index contributed by atoms with van der Waals surface area (Å²) in [5.41, 5.74) is 4.99. The number of rotatable bonds is 5. The van der Waals surface area contributed by atoms with Crippen molar-refractivity contribution in [1.29, 1.82) is 0 Å². The van der Waals surface area contributed by atoms with Crippen LogP contribution in [0.15, 0.2) is 40.9 Å². The zero-order chi connectivity index (χ0) is 20.1. The molecular formula is C21H20BrN5O2. The summed E-state index contributed by atoms with van der Waals surface area (Å²) in [6.45, 7) is 1.45. The monoisotopic (exact) mass is 453 g/mol. The third kappa shape index (κ3) is 3.42. The topological polar surface area (TPSA) is 71.3 Å². The number of carbonyl (C=O) groups is 2. The Morgan fingerprint density at radius 2 is 1.97 bits per heavy atom. The lowest BCUT2D eigenvalue weighted by Gasteiger charge is -2.15. The maximum Gasteiger partial charge on any atom is 0.327 e. The molecule has 5 rings (SSSR count).